The van der Waals surface area contributed by atoms with Crippen molar-refractivity contribution in [2.75, 3.05) is 0 Å². The maximum absolute atomic E-state index is 10.9. The van der Waals surface area contributed by atoms with Crippen molar-refractivity contribution in [3.8, 4) is 5.69 Å². The number of hydrogen-bond donors (Lipinski definition) is 0. The van der Waals surface area contributed by atoms with Crippen LogP contribution in [-0.4, -0.2) is 25.1 Å². The van der Waals surface area contributed by atoms with Gasteiger partial charge in [0, 0.05) is 17.4 Å². The zero-order chi connectivity index (χ0) is 17.1. The van der Waals surface area contributed by atoms with Gasteiger partial charge in [-0.05, 0) is 47.5 Å². The Bertz CT molecular complexity index is 880. The number of rotatable bonds is 5. The number of nitrogens with zero attached hydrogens (tertiary/aromatic N) is 5. The van der Waals surface area contributed by atoms with Crippen LogP contribution in [0.3, 0.4) is 0 Å². The normalized spacial score (nSPS) is 12.1. The van der Waals surface area contributed by atoms with E-state index >= 15 is 0 Å². The van der Waals surface area contributed by atoms with Crippen LogP contribution in [0.1, 0.15) is 23.3 Å². The van der Waals surface area contributed by atoms with Gasteiger partial charge in [0.15, 0.2) is 0 Å². The smallest absolute Gasteiger partial charge is 0.258 e. The summed E-state index contributed by atoms with van der Waals surface area (Å²) in [5, 5.41) is 23.4. The van der Waals surface area contributed by atoms with Crippen LogP contribution in [0.15, 0.2) is 53.7 Å². The second kappa shape index (κ2) is 6.79. The molecule has 0 aliphatic heterocycles. The van der Waals surface area contributed by atoms with Crippen molar-refractivity contribution in [2.45, 2.75) is 24.3 Å². The van der Waals surface area contributed by atoms with E-state index in [9.17, 15) is 10.1 Å². The van der Waals surface area contributed by atoms with Gasteiger partial charge in [0.1, 0.15) is 0 Å². The van der Waals surface area contributed by atoms with Crippen molar-refractivity contribution >= 4 is 17.4 Å². The molecule has 1 aromatic heterocycles. The number of nitro benzene ring substituents is 1. The van der Waals surface area contributed by atoms with Crippen LogP contribution in [-0.2, 0) is 0 Å². The first-order chi connectivity index (χ1) is 11.5. The monoisotopic (exact) mass is 341 g/mol. The lowest BCUT2D eigenvalue weighted by molar-refractivity contribution is -0.384. The molecule has 0 saturated carbocycles. The summed E-state index contributed by atoms with van der Waals surface area (Å²) in [6, 6.07) is 14.5. The topological polar surface area (TPSA) is 86.7 Å². The van der Waals surface area contributed by atoms with E-state index in [0.29, 0.717) is 5.16 Å². The molecule has 0 N–H and O–H groups in total. The Morgan fingerprint density at radius 1 is 1.21 bits per heavy atom. The highest BCUT2D eigenvalue weighted by Gasteiger charge is 2.16. The maximum atomic E-state index is 10.9. The molecular formula is C16H15N5O2S. The summed E-state index contributed by atoms with van der Waals surface area (Å²) in [6.07, 6.45) is 0. The minimum absolute atomic E-state index is 0.0283. The largest absolute Gasteiger partial charge is 0.269 e. The number of tetrazole rings is 1. The molecule has 0 bridgehead atoms. The molecule has 7 nitrogen and oxygen atoms in total. The molecule has 0 unspecified atom stereocenters. The van der Waals surface area contributed by atoms with Crippen molar-refractivity contribution in [2.24, 2.45) is 0 Å². The molecule has 1 atom stereocenters. The van der Waals surface area contributed by atoms with Gasteiger partial charge < -0.3 is 0 Å². The lowest BCUT2D eigenvalue weighted by Gasteiger charge is -2.11. The summed E-state index contributed by atoms with van der Waals surface area (Å²) in [5.41, 5.74) is 2.94. The Balaban J connectivity index is 1.86. The number of non-ortho nitro benzene ring substituents is 1. The number of aryl methyl sites for hydroxylation is 1. The lowest BCUT2D eigenvalue weighted by Crippen LogP contribution is -2.01. The molecule has 122 valence electrons. The maximum Gasteiger partial charge on any atom is 0.269 e. The van der Waals surface area contributed by atoms with E-state index in [4.69, 9.17) is 0 Å². The van der Waals surface area contributed by atoms with Gasteiger partial charge in [0.25, 0.3) is 5.69 Å². The highest BCUT2D eigenvalue weighted by Crippen LogP contribution is 2.35. The van der Waals surface area contributed by atoms with Gasteiger partial charge in [0.2, 0.25) is 5.16 Å². The van der Waals surface area contributed by atoms with Gasteiger partial charge in [-0.15, -0.1) is 5.10 Å². The minimum Gasteiger partial charge on any atom is -0.258 e. The molecule has 0 fully saturated rings. The van der Waals surface area contributed by atoms with Gasteiger partial charge in [0.05, 0.1) is 10.6 Å². The summed E-state index contributed by atoms with van der Waals surface area (Å²) >= 11 is 1.46. The first-order valence-electron chi connectivity index (χ1n) is 7.31. The molecule has 3 rings (SSSR count). The fourth-order valence-electron chi connectivity index (χ4n) is 2.29. The van der Waals surface area contributed by atoms with E-state index in [1.807, 2.05) is 44.2 Å². The third-order valence-corrected chi connectivity index (χ3v) is 4.61. The van der Waals surface area contributed by atoms with Crippen molar-refractivity contribution in [3.63, 3.8) is 0 Å². The fourth-order valence-corrected chi connectivity index (χ4v) is 3.22. The van der Waals surface area contributed by atoms with Crippen LogP contribution in [0.5, 0.6) is 0 Å². The molecule has 2 aromatic carbocycles. The molecule has 0 aliphatic rings. The predicted octanol–water partition coefficient (Wildman–Crippen LogP) is 3.73. The Kier molecular flexibility index (Phi) is 4.57. The van der Waals surface area contributed by atoms with Crippen LogP contribution < -0.4 is 0 Å². The highest BCUT2D eigenvalue weighted by molar-refractivity contribution is 7.99. The van der Waals surface area contributed by atoms with E-state index < -0.39 is 4.92 Å². The zero-order valence-electron chi connectivity index (χ0n) is 13.2. The van der Waals surface area contributed by atoms with Gasteiger partial charge in [-0.1, -0.05) is 36.0 Å². The number of benzene rings is 2. The summed E-state index contributed by atoms with van der Waals surface area (Å²) in [4.78, 5) is 10.5. The van der Waals surface area contributed by atoms with Crippen LogP contribution in [0.4, 0.5) is 5.69 Å². The first kappa shape index (κ1) is 16.1. The Morgan fingerprint density at radius 3 is 2.75 bits per heavy atom. The molecular weight excluding hydrogens is 326 g/mol. The molecule has 8 heteroatoms. The second-order valence-electron chi connectivity index (χ2n) is 5.32. The molecule has 0 saturated heterocycles. The Hall–Kier alpha value is -2.74. The molecule has 0 amide bonds. The molecule has 0 aliphatic carbocycles. The van der Waals surface area contributed by atoms with Crippen LogP contribution >= 0.6 is 11.8 Å². The van der Waals surface area contributed by atoms with E-state index in [1.54, 1.807) is 16.8 Å². The highest BCUT2D eigenvalue weighted by atomic mass is 32.2. The Labute approximate surface area is 142 Å². The summed E-state index contributed by atoms with van der Waals surface area (Å²) in [7, 11) is 0. The molecule has 24 heavy (non-hydrogen) atoms. The number of thioether (sulfide) groups is 1. The van der Waals surface area contributed by atoms with Crippen molar-refractivity contribution in [3.05, 3.63) is 69.8 Å². The predicted molar refractivity (Wildman–Crippen MR) is 91.3 cm³/mol. The SMILES string of the molecule is Cc1cccc(-n2nnnc2S[C@@H](C)c2cccc([N+](=O)[O-])c2)c1. The molecule has 0 radical (unpaired) electrons. The van der Waals surface area contributed by atoms with Gasteiger partial charge >= 0.3 is 0 Å². The van der Waals surface area contributed by atoms with Crippen LogP contribution in [0, 0.1) is 17.0 Å². The zero-order valence-corrected chi connectivity index (χ0v) is 14.0. The second-order valence-corrected chi connectivity index (χ2v) is 6.63. The minimum atomic E-state index is -0.391. The van der Waals surface area contributed by atoms with E-state index in [1.165, 1.54) is 17.8 Å². The average Bonchev–Trinajstić information content (AvgIpc) is 3.03. The quantitative estimate of drug-likeness (QED) is 0.399. The number of hydrogen-bond acceptors (Lipinski definition) is 6. The third-order valence-electron chi connectivity index (χ3n) is 3.52. The first-order valence-corrected chi connectivity index (χ1v) is 8.19. The number of nitro groups is 1. The fraction of sp³-hybridized carbons (Fsp3) is 0.188. The molecule has 0 spiro atoms. The van der Waals surface area contributed by atoms with Gasteiger partial charge in [-0.25, -0.2) is 0 Å². The van der Waals surface area contributed by atoms with E-state index in [-0.39, 0.29) is 10.9 Å². The lowest BCUT2D eigenvalue weighted by atomic mass is 10.1. The summed E-state index contributed by atoms with van der Waals surface area (Å²) in [5.74, 6) is 0. The summed E-state index contributed by atoms with van der Waals surface area (Å²) < 4.78 is 1.67. The van der Waals surface area contributed by atoms with Crippen LogP contribution in [0.2, 0.25) is 0 Å². The third kappa shape index (κ3) is 3.43. The van der Waals surface area contributed by atoms with Crippen LogP contribution in [0.25, 0.3) is 5.69 Å². The van der Waals surface area contributed by atoms with Crippen molar-refractivity contribution in [1.82, 2.24) is 20.2 Å². The van der Waals surface area contributed by atoms with Crippen molar-refractivity contribution in [1.29, 1.82) is 0 Å². The molecule has 1 heterocycles. The van der Waals surface area contributed by atoms with Gasteiger partial charge in [-0.2, -0.15) is 4.68 Å². The van der Waals surface area contributed by atoms with E-state index in [2.05, 4.69) is 15.5 Å². The number of aromatic nitrogens is 4. The average molecular weight is 341 g/mol. The Morgan fingerprint density at radius 2 is 2.00 bits per heavy atom. The van der Waals surface area contributed by atoms with E-state index in [0.717, 1.165) is 16.8 Å². The van der Waals surface area contributed by atoms with Gasteiger partial charge in [-0.3, -0.25) is 10.1 Å². The molecule has 3 aromatic rings. The standard InChI is InChI=1S/C16H15N5O2S/c1-11-5-3-7-14(9-11)20-16(17-18-19-20)24-12(2)13-6-4-8-15(10-13)21(22)23/h3-10,12H,1-2H3/t12-/m0/s1. The summed E-state index contributed by atoms with van der Waals surface area (Å²) in [6.45, 7) is 3.98. The van der Waals surface area contributed by atoms with Crippen molar-refractivity contribution < 1.29 is 4.92 Å².